The molecule has 2 rings (SSSR count). The van der Waals surface area contributed by atoms with Gasteiger partial charge in [-0.05, 0) is 55.7 Å². The van der Waals surface area contributed by atoms with Gasteiger partial charge in [0.25, 0.3) is 0 Å². The van der Waals surface area contributed by atoms with E-state index in [0.29, 0.717) is 12.2 Å². The first-order valence-corrected chi connectivity index (χ1v) is 8.77. The van der Waals surface area contributed by atoms with Crippen LogP contribution in [0.3, 0.4) is 0 Å². The van der Waals surface area contributed by atoms with Gasteiger partial charge < -0.3 is 4.74 Å². The van der Waals surface area contributed by atoms with E-state index in [9.17, 15) is 4.79 Å². The quantitative estimate of drug-likeness (QED) is 0.493. The van der Waals surface area contributed by atoms with Crippen molar-refractivity contribution in [3.05, 3.63) is 64.8 Å². The molecule has 0 saturated carbocycles. The van der Waals surface area contributed by atoms with Gasteiger partial charge in [0.15, 0.2) is 0 Å². The Morgan fingerprint density at radius 3 is 2.62 bits per heavy atom. The molecule has 0 fully saturated rings. The molecule has 1 aromatic carbocycles. The van der Waals surface area contributed by atoms with Crippen LogP contribution in [0, 0.1) is 5.41 Å². The highest BCUT2D eigenvalue weighted by Crippen LogP contribution is 2.40. The zero-order chi connectivity index (χ0) is 17.6. The fraction of sp³-hybridized carbons (Fsp3) is 0.409. The molecule has 1 aliphatic carbocycles. The molecule has 24 heavy (non-hydrogen) atoms. The van der Waals surface area contributed by atoms with Crippen LogP contribution in [0.4, 0.5) is 0 Å². The molecule has 0 heterocycles. The molecule has 1 aromatic rings. The molecule has 128 valence electrons. The number of benzene rings is 1. The number of carbonyl (C=O) groups excluding carboxylic acids is 1. The summed E-state index contributed by atoms with van der Waals surface area (Å²) in [7, 11) is 0. The second kappa shape index (κ2) is 8.14. The highest BCUT2D eigenvalue weighted by atomic mass is 16.5. The van der Waals surface area contributed by atoms with Gasteiger partial charge in [-0.1, -0.05) is 61.9 Å². The average Bonchev–Trinajstić information content (AvgIpc) is 2.54. The van der Waals surface area contributed by atoms with Gasteiger partial charge in [-0.25, -0.2) is 4.79 Å². The van der Waals surface area contributed by atoms with Gasteiger partial charge in [0.05, 0.1) is 12.2 Å². The van der Waals surface area contributed by atoms with Crippen LogP contribution in [0.5, 0.6) is 0 Å². The Morgan fingerprint density at radius 2 is 1.92 bits per heavy atom. The maximum atomic E-state index is 12.0. The third-order valence-corrected chi connectivity index (χ3v) is 4.65. The Hall–Kier alpha value is -2.09. The number of carbonyl (C=O) groups is 1. The van der Waals surface area contributed by atoms with E-state index < -0.39 is 0 Å². The summed E-state index contributed by atoms with van der Waals surface area (Å²) in [6, 6.07) is 7.53. The fourth-order valence-corrected chi connectivity index (χ4v) is 3.36. The summed E-state index contributed by atoms with van der Waals surface area (Å²) < 4.78 is 5.11. The lowest BCUT2D eigenvalue weighted by Crippen LogP contribution is -2.18. The summed E-state index contributed by atoms with van der Waals surface area (Å²) in [6.07, 6.45) is 12.0. The van der Waals surface area contributed by atoms with E-state index in [-0.39, 0.29) is 11.4 Å². The van der Waals surface area contributed by atoms with Crippen LogP contribution in [-0.2, 0) is 4.74 Å². The van der Waals surface area contributed by atoms with Crippen molar-refractivity contribution in [1.82, 2.24) is 0 Å². The van der Waals surface area contributed by atoms with Crippen LogP contribution in [0.1, 0.15) is 62.9 Å². The lowest BCUT2D eigenvalue weighted by molar-refractivity contribution is 0.0526. The summed E-state index contributed by atoms with van der Waals surface area (Å²) in [5.74, 6) is -0.270. The van der Waals surface area contributed by atoms with E-state index in [4.69, 9.17) is 4.74 Å². The molecule has 1 aliphatic rings. The molecular weight excluding hydrogens is 296 g/mol. The topological polar surface area (TPSA) is 26.3 Å². The van der Waals surface area contributed by atoms with Gasteiger partial charge in [0.1, 0.15) is 0 Å². The van der Waals surface area contributed by atoms with Crippen LogP contribution in [0.2, 0.25) is 0 Å². The predicted octanol–water partition coefficient (Wildman–Crippen LogP) is 5.96. The molecule has 0 bridgehead atoms. The molecule has 2 heteroatoms. The second-order valence-electron chi connectivity index (χ2n) is 6.96. The van der Waals surface area contributed by atoms with Gasteiger partial charge in [-0.2, -0.15) is 0 Å². The summed E-state index contributed by atoms with van der Waals surface area (Å²) in [6.45, 7) is 9.07. The Morgan fingerprint density at radius 1 is 1.21 bits per heavy atom. The molecule has 0 aromatic heterocycles. The van der Waals surface area contributed by atoms with E-state index in [0.717, 1.165) is 5.56 Å². The number of esters is 1. The van der Waals surface area contributed by atoms with Crippen molar-refractivity contribution in [1.29, 1.82) is 0 Å². The SMILES string of the molecule is CCOC(=O)c1ccccc1/C=C/C=C/C1=C(C)CCCC1(C)C. The van der Waals surface area contributed by atoms with Crippen molar-refractivity contribution in [2.45, 2.75) is 47.0 Å². The van der Waals surface area contributed by atoms with Crippen molar-refractivity contribution in [3.8, 4) is 0 Å². The lowest BCUT2D eigenvalue weighted by atomic mass is 9.73. The van der Waals surface area contributed by atoms with Gasteiger partial charge in [0, 0.05) is 0 Å². The Kier molecular flexibility index (Phi) is 6.19. The third kappa shape index (κ3) is 4.47. The van der Waals surface area contributed by atoms with Crippen molar-refractivity contribution >= 4 is 12.0 Å². The first-order valence-electron chi connectivity index (χ1n) is 8.77. The number of hydrogen-bond acceptors (Lipinski definition) is 2. The molecular formula is C22H28O2. The standard InChI is InChI=1S/C22H28O2/c1-5-24-21(23)19-14-8-6-12-18(19)13-7-9-15-20-17(2)11-10-16-22(20,3)4/h6-9,12-15H,5,10-11,16H2,1-4H3/b13-7+,15-9+. The van der Waals surface area contributed by atoms with Crippen LogP contribution >= 0.6 is 0 Å². The average molecular weight is 324 g/mol. The summed E-state index contributed by atoms with van der Waals surface area (Å²) in [4.78, 5) is 12.0. The molecule has 0 saturated heterocycles. The fourth-order valence-electron chi connectivity index (χ4n) is 3.36. The minimum Gasteiger partial charge on any atom is -0.462 e. The van der Waals surface area contributed by atoms with Gasteiger partial charge >= 0.3 is 5.97 Å². The number of allylic oxidation sites excluding steroid dienone is 5. The van der Waals surface area contributed by atoms with Crippen molar-refractivity contribution in [3.63, 3.8) is 0 Å². The minimum absolute atomic E-state index is 0.246. The van der Waals surface area contributed by atoms with Crippen molar-refractivity contribution < 1.29 is 9.53 Å². The summed E-state index contributed by atoms with van der Waals surface area (Å²) in [5, 5.41) is 0. The maximum absolute atomic E-state index is 12.0. The van der Waals surface area contributed by atoms with Crippen molar-refractivity contribution in [2.75, 3.05) is 6.61 Å². The van der Waals surface area contributed by atoms with Crippen LogP contribution in [0.15, 0.2) is 53.6 Å². The maximum Gasteiger partial charge on any atom is 0.338 e. The number of hydrogen-bond donors (Lipinski definition) is 0. The number of rotatable bonds is 5. The molecule has 0 spiro atoms. The molecule has 0 atom stereocenters. The first kappa shape index (κ1) is 18.3. The van der Waals surface area contributed by atoms with E-state index >= 15 is 0 Å². The molecule has 0 amide bonds. The second-order valence-corrected chi connectivity index (χ2v) is 6.96. The molecule has 0 aliphatic heterocycles. The molecule has 0 N–H and O–H groups in total. The van der Waals surface area contributed by atoms with Crippen molar-refractivity contribution in [2.24, 2.45) is 5.41 Å². The lowest BCUT2D eigenvalue weighted by Gasteiger charge is -2.32. The van der Waals surface area contributed by atoms with Crippen LogP contribution in [0.25, 0.3) is 6.08 Å². The normalized spacial score (nSPS) is 17.7. The largest absolute Gasteiger partial charge is 0.462 e. The minimum atomic E-state index is -0.270. The zero-order valence-corrected chi connectivity index (χ0v) is 15.3. The molecule has 2 nitrogen and oxygen atoms in total. The highest BCUT2D eigenvalue weighted by Gasteiger charge is 2.26. The number of ether oxygens (including phenoxy) is 1. The predicted molar refractivity (Wildman–Crippen MR) is 101 cm³/mol. The monoisotopic (exact) mass is 324 g/mol. The summed E-state index contributed by atoms with van der Waals surface area (Å²) in [5.41, 5.74) is 4.67. The molecule has 0 radical (unpaired) electrons. The van der Waals surface area contributed by atoms with Crippen LogP contribution in [-0.4, -0.2) is 12.6 Å². The zero-order valence-electron chi connectivity index (χ0n) is 15.3. The van der Waals surface area contributed by atoms with E-state index in [2.05, 4.69) is 32.9 Å². The Bertz CT molecular complexity index is 675. The van der Waals surface area contributed by atoms with E-state index in [1.165, 1.54) is 30.4 Å². The van der Waals surface area contributed by atoms with Gasteiger partial charge in [0.2, 0.25) is 0 Å². The van der Waals surface area contributed by atoms with Gasteiger partial charge in [-0.3, -0.25) is 0 Å². The van der Waals surface area contributed by atoms with E-state index in [1.807, 2.05) is 37.3 Å². The smallest absolute Gasteiger partial charge is 0.338 e. The Labute approximate surface area is 145 Å². The third-order valence-electron chi connectivity index (χ3n) is 4.65. The Balaban J connectivity index is 2.16. The molecule has 0 unspecified atom stereocenters. The van der Waals surface area contributed by atoms with Crippen LogP contribution < -0.4 is 0 Å². The highest BCUT2D eigenvalue weighted by molar-refractivity contribution is 5.93. The first-order chi connectivity index (χ1) is 11.5. The summed E-state index contributed by atoms with van der Waals surface area (Å²) >= 11 is 0. The van der Waals surface area contributed by atoms with Gasteiger partial charge in [-0.15, -0.1) is 0 Å². The van der Waals surface area contributed by atoms with E-state index in [1.54, 1.807) is 6.07 Å².